The van der Waals surface area contributed by atoms with Gasteiger partial charge in [0.1, 0.15) is 5.82 Å². The van der Waals surface area contributed by atoms with Crippen molar-refractivity contribution in [1.29, 1.82) is 0 Å². The van der Waals surface area contributed by atoms with Gasteiger partial charge in [0, 0.05) is 13.6 Å². The van der Waals surface area contributed by atoms with Crippen LogP contribution in [-0.4, -0.2) is 37.5 Å². The molecule has 1 fully saturated rings. The van der Waals surface area contributed by atoms with Crippen molar-refractivity contribution in [3.8, 4) is 0 Å². The molecule has 0 aromatic heterocycles. The van der Waals surface area contributed by atoms with Gasteiger partial charge in [-0.05, 0) is 44.0 Å². The Labute approximate surface area is 107 Å². The first-order valence-electron chi connectivity index (χ1n) is 6.39. The predicted molar refractivity (Wildman–Crippen MR) is 69.0 cm³/mol. The van der Waals surface area contributed by atoms with Crippen LogP contribution >= 0.6 is 0 Å². The average molecular weight is 250 g/mol. The zero-order valence-corrected chi connectivity index (χ0v) is 10.7. The summed E-state index contributed by atoms with van der Waals surface area (Å²) in [5, 5.41) is 3.32. The molecule has 1 atom stereocenters. The third-order valence-corrected chi connectivity index (χ3v) is 3.38. The van der Waals surface area contributed by atoms with Crippen LogP contribution in [0.25, 0.3) is 0 Å². The summed E-state index contributed by atoms with van der Waals surface area (Å²) in [6.45, 7) is 2.68. The smallest absolute Gasteiger partial charge is 0.256 e. The lowest BCUT2D eigenvalue weighted by atomic mass is 9.99. The summed E-state index contributed by atoms with van der Waals surface area (Å²) in [5.41, 5.74) is 0.156. The lowest BCUT2D eigenvalue weighted by Crippen LogP contribution is -2.39. The molecule has 0 spiro atoms. The van der Waals surface area contributed by atoms with E-state index in [1.807, 2.05) is 0 Å². The minimum atomic E-state index is -0.448. The van der Waals surface area contributed by atoms with Crippen molar-refractivity contribution in [1.82, 2.24) is 10.2 Å². The van der Waals surface area contributed by atoms with Crippen molar-refractivity contribution in [3.05, 3.63) is 35.6 Å². The molecule has 2 rings (SSSR count). The van der Waals surface area contributed by atoms with Crippen molar-refractivity contribution < 1.29 is 9.18 Å². The molecule has 1 unspecified atom stereocenters. The van der Waals surface area contributed by atoms with Gasteiger partial charge in [0.25, 0.3) is 5.91 Å². The van der Waals surface area contributed by atoms with Gasteiger partial charge in [-0.3, -0.25) is 4.79 Å². The van der Waals surface area contributed by atoms with Crippen LogP contribution in [0.5, 0.6) is 0 Å². The summed E-state index contributed by atoms with van der Waals surface area (Å²) < 4.78 is 13.5. The molecule has 1 aliphatic heterocycles. The first kappa shape index (κ1) is 13.0. The van der Waals surface area contributed by atoms with E-state index >= 15 is 0 Å². The maximum Gasteiger partial charge on any atom is 0.256 e. The van der Waals surface area contributed by atoms with Gasteiger partial charge in [0.15, 0.2) is 0 Å². The maximum absolute atomic E-state index is 13.5. The number of rotatable bonds is 3. The van der Waals surface area contributed by atoms with Crippen LogP contribution in [0, 0.1) is 11.7 Å². The van der Waals surface area contributed by atoms with E-state index in [1.54, 1.807) is 24.1 Å². The van der Waals surface area contributed by atoms with Crippen molar-refractivity contribution >= 4 is 5.91 Å². The Morgan fingerprint density at radius 3 is 2.94 bits per heavy atom. The summed E-state index contributed by atoms with van der Waals surface area (Å²) in [4.78, 5) is 13.7. The second-order valence-corrected chi connectivity index (χ2v) is 4.88. The Kier molecular flexibility index (Phi) is 4.31. The highest BCUT2D eigenvalue weighted by Crippen LogP contribution is 2.14. The Morgan fingerprint density at radius 2 is 2.28 bits per heavy atom. The molecule has 1 amide bonds. The van der Waals surface area contributed by atoms with Gasteiger partial charge in [-0.2, -0.15) is 0 Å². The summed E-state index contributed by atoms with van der Waals surface area (Å²) in [6.07, 6.45) is 2.27. The molecular formula is C14H19FN2O. The predicted octanol–water partition coefficient (Wildman–Crippen LogP) is 1.90. The van der Waals surface area contributed by atoms with E-state index in [-0.39, 0.29) is 11.5 Å². The lowest BCUT2D eigenvalue weighted by molar-refractivity contribution is 0.0760. The zero-order valence-electron chi connectivity index (χ0n) is 10.7. The highest BCUT2D eigenvalue weighted by Gasteiger charge is 2.20. The number of benzene rings is 1. The SMILES string of the molecule is CN(CC1CCCNC1)C(=O)c1ccccc1F. The van der Waals surface area contributed by atoms with Crippen LogP contribution in [0.1, 0.15) is 23.2 Å². The minimum absolute atomic E-state index is 0.156. The fourth-order valence-corrected chi connectivity index (χ4v) is 2.39. The molecule has 3 nitrogen and oxygen atoms in total. The van der Waals surface area contributed by atoms with Crippen LogP contribution in [0.2, 0.25) is 0 Å². The zero-order chi connectivity index (χ0) is 13.0. The number of hydrogen-bond acceptors (Lipinski definition) is 2. The maximum atomic E-state index is 13.5. The first-order chi connectivity index (χ1) is 8.68. The topological polar surface area (TPSA) is 32.3 Å². The van der Waals surface area contributed by atoms with Gasteiger partial charge in [-0.1, -0.05) is 12.1 Å². The third-order valence-electron chi connectivity index (χ3n) is 3.38. The number of halogens is 1. The number of piperidine rings is 1. The molecule has 1 N–H and O–H groups in total. The monoisotopic (exact) mass is 250 g/mol. The normalized spacial score (nSPS) is 19.6. The van der Waals surface area contributed by atoms with E-state index in [0.717, 1.165) is 25.9 Å². The largest absolute Gasteiger partial charge is 0.341 e. The second-order valence-electron chi connectivity index (χ2n) is 4.88. The van der Waals surface area contributed by atoms with E-state index < -0.39 is 5.82 Å². The van der Waals surface area contributed by atoms with Crippen molar-refractivity contribution in [2.75, 3.05) is 26.7 Å². The van der Waals surface area contributed by atoms with Crippen LogP contribution in [0.3, 0.4) is 0 Å². The minimum Gasteiger partial charge on any atom is -0.341 e. The second kappa shape index (κ2) is 5.96. The average Bonchev–Trinajstić information content (AvgIpc) is 2.39. The van der Waals surface area contributed by atoms with Crippen LogP contribution < -0.4 is 5.32 Å². The molecule has 4 heteroatoms. The van der Waals surface area contributed by atoms with Crippen LogP contribution in [-0.2, 0) is 0 Å². The number of nitrogens with one attached hydrogen (secondary N) is 1. The van der Waals surface area contributed by atoms with Crippen molar-refractivity contribution in [2.24, 2.45) is 5.92 Å². The quantitative estimate of drug-likeness (QED) is 0.888. The Bertz CT molecular complexity index is 416. The van der Waals surface area contributed by atoms with Crippen molar-refractivity contribution in [2.45, 2.75) is 12.8 Å². The van der Waals surface area contributed by atoms with Gasteiger partial charge in [-0.15, -0.1) is 0 Å². The van der Waals surface area contributed by atoms with Gasteiger partial charge in [0.05, 0.1) is 5.56 Å². The number of hydrogen-bond donors (Lipinski definition) is 1. The van der Waals surface area contributed by atoms with E-state index in [2.05, 4.69) is 5.32 Å². The summed E-state index contributed by atoms with van der Waals surface area (Å²) in [5.74, 6) is -0.214. The first-order valence-corrected chi connectivity index (χ1v) is 6.39. The third kappa shape index (κ3) is 3.07. The number of amides is 1. The lowest BCUT2D eigenvalue weighted by Gasteiger charge is -2.27. The fraction of sp³-hybridized carbons (Fsp3) is 0.500. The van der Waals surface area contributed by atoms with Crippen LogP contribution in [0.4, 0.5) is 4.39 Å². The highest BCUT2D eigenvalue weighted by atomic mass is 19.1. The van der Waals surface area contributed by atoms with E-state index in [0.29, 0.717) is 12.5 Å². The number of carbonyl (C=O) groups is 1. The molecule has 0 bridgehead atoms. The van der Waals surface area contributed by atoms with E-state index in [9.17, 15) is 9.18 Å². The fourth-order valence-electron chi connectivity index (χ4n) is 2.39. The molecule has 1 heterocycles. The standard InChI is InChI=1S/C14H19FN2O/c1-17(10-11-5-4-8-16-9-11)14(18)12-6-2-3-7-13(12)15/h2-3,6-7,11,16H,4-5,8-10H2,1H3. The van der Waals surface area contributed by atoms with Gasteiger partial charge >= 0.3 is 0 Å². The van der Waals surface area contributed by atoms with E-state index in [1.165, 1.54) is 12.1 Å². The van der Waals surface area contributed by atoms with E-state index in [4.69, 9.17) is 0 Å². The Hall–Kier alpha value is -1.42. The molecule has 1 aromatic carbocycles. The molecule has 18 heavy (non-hydrogen) atoms. The summed E-state index contributed by atoms with van der Waals surface area (Å²) in [7, 11) is 1.74. The molecule has 1 aliphatic rings. The van der Waals surface area contributed by atoms with Gasteiger partial charge in [-0.25, -0.2) is 4.39 Å². The molecule has 0 aliphatic carbocycles. The molecule has 0 saturated carbocycles. The van der Waals surface area contributed by atoms with Gasteiger partial charge < -0.3 is 10.2 Å². The number of carbonyl (C=O) groups excluding carboxylic acids is 1. The summed E-state index contributed by atoms with van der Waals surface area (Å²) in [6, 6.07) is 6.14. The molecule has 1 saturated heterocycles. The Morgan fingerprint density at radius 1 is 1.50 bits per heavy atom. The van der Waals surface area contributed by atoms with Crippen molar-refractivity contribution in [3.63, 3.8) is 0 Å². The highest BCUT2D eigenvalue weighted by molar-refractivity contribution is 5.94. The summed E-state index contributed by atoms with van der Waals surface area (Å²) >= 11 is 0. The molecule has 1 aromatic rings. The van der Waals surface area contributed by atoms with Crippen LogP contribution in [0.15, 0.2) is 24.3 Å². The molecule has 98 valence electrons. The Balaban J connectivity index is 1.98. The van der Waals surface area contributed by atoms with Gasteiger partial charge in [0.2, 0.25) is 0 Å². The number of nitrogens with zero attached hydrogens (tertiary/aromatic N) is 1. The molecule has 0 radical (unpaired) electrons. The molecular weight excluding hydrogens is 231 g/mol.